The van der Waals surface area contributed by atoms with Crippen LogP contribution < -0.4 is 0 Å². The van der Waals surface area contributed by atoms with Crippen LogP contribution in [0.3, 0.4) is 0 Å². The van der Waals surface area contributed by atoms with E-state index in [1.807, 2.05) is 0 Å². The van der Waals surface area contributed by atoms with Gasteiger partial charge in [0.05, 0.1) is 64.2 Å². The van der Waals surface area contributed by atoms with Crippen molar-refractivity contribution in [2.24, 2.45) is 0 Å². The number of carbonyl (C=O) groups is 2. The first kappa shape index (κ1) is 22.7. The number of ketones is 1. The van der Waals surface area contributed by atoms with Crippen LogP contribution in [0.4, 0.5) is 0 Å². The number of alkyl halides is 1. The van der Waals surface area contributed by atoms with Crippen molar-refractivity contribution in [1.82, 2.24) is 0 Å². The maximum atomic E-state index is 11.0. The van der Waals surface area contributed by atoms with Gasteiger partial charge in [-0.15, -0.1) is 0 Å². The van der Waals surface area contributed by atoms with Gasteiger partial charge < -0.3 is 23.7 Å². The number of halogens is 1. The van der Waals surface area contributed by atoms with Crippen molar-refractivity contribution in [1.29, 1.82) is 0 Å². The van der Waals surface area contributed by atoms with E-state index in [1.165, 1.54) is 7.11 Å². The highest BCUT2D eigenvalue weighted by Crippen LogP contribution is 1.95. The fourth-order valence-electron chi connectivity index (χ4n) is 1.46. The van der Waals surface area contributed by atoms with E-state index in [1.54, 1.807) is 0 Å². The van der Waals surface area contributed by atoms with E-state index >= 15 is 0 Å². The molecule has 0 bridgehead atoms. The van der Waals surface area contributed by atoms with Crippen LogP contribution in [0.1, 0.15) is 19.3 Å². The summed E-state index contributed by atoms with van der Waals surface area (Å²) in [6, 6.07) is 0. The van der Waals surface area contributed by atoms with E-state index in [0.717, 1.165) is 6.42 Å². The molecule has 0 aliphatic rings. The minimum Gasteiger partial charge on any atom is -0.469 e. The van der Waals surface area contributed by atoms with Gasteiger partial charge in [-0.25, -0.2) is 0 Å². The maximum Gasteiger partial charge on any atom is 0.307 e. The molecule has 0 heterocycles. The molecule has 0 aromatic carbocycles. The lowest BCUT2D eigenvalue weighted by molar-refractivity contribution is -0.142. The fraction of sp³-hybridized carbons (Fsp3) is 0.867. The Hall–Kier alpha value is -0.290. The smallest absolute Gasteiger partial charge is 0.307 e. The molecule has 0 N–H and O–H groups in total. The third kappa shape index (κ3) is 17.9. The van der Waals surface area contributed by atoms with E-state index in [4.69, 9.17) is 18.9 Å². The zero-order chi connectivity index (χ0) is 17.2. The molecule has 0 atom stereocenters. The predicted octanol–water partition coefficient (Wildman–Crippen LogP) is 1.40. The average molecular weight is 446 g/mol. The summed E-state index contributed by atoms with van der Waals surface area (Å²) in [4.78, 5) is 21.8. The first-order chi connectivity index (χ1) is 11.2. The largest absolute Gasteiger partial charge is 0.469 e. The van der Waals surface area contributed by atoms with Crippen molar-refractivity contribution in [2.75, 3.05) is 64.4 Å². The molecule has 0 saturated carbocycles. The third-order valence-corrected chi connectivity index (χ3v) is 3.54. The summed E-state index contributed by atoms with van der Waals surface area (Å²) in [6.07, 6.45) is 1.60. The highest BCUT2D eigenvalue weighted by atomic mass is 127. The van der Waals surface area contributed by atoms with Crippen molar-refractivity contribution >= 4 is 34.3 Å². The molecule has 0 fully saturated rings. The van der Waals surface area contributed by atoms with E-state index in [-0.39, 0.29) is 18.2 Å². The molecule has 0 unspecified atom stereocenters. The predicted molar refractivity (Wildman–Crippen MR) is 93.0 cm³/mol. The number of hydrogen-bond donors (Lipinski definition) is 0. The summed E-state index contributed by atoms with van der Waals surface area (Å²) >= 11 is 2.07. The Bertz CT molecular complexity index is 272. The molecule has 0 saturated heterocycles. The summed E-state index contributed by atoms with van der Waals surface area (Å²) in [6.45, 7) is 3.86. The van der Waals surface area contributed by atoms with Gasteiger partial charge in [-0.1, -0.05) is 22.6 Å². The molecule has 0 aliphatic heterocycles. The Balaban J connectivity index is 3.05. The van der Waals surface area contributed by atoms with Crippen molar-refractivity contribution in [3.05, 3.63) is 0 Å². The Morgan fingerprint density at radius 2 is 1.22 bits per heavy atom. The lowest BCUT2D eigenvalue weighted by atomic mass is 10.2. The number of ether oxygens (including phenoxy) is 5. The number of rotatable bonds is 17. The molecule has 0 aliphatic carbocycles. The van der Waals surface area contributed by atoms with Gasteiger partial charge in [0.25, 0.3) is 0 Å². The molecule has 7 nitrogen and oxygen atoms in total. The molecule has 8 heteroatoms. The lowest BCUT2D eigenvalue weighted by Gasteiger charge is -2.07. The van der Waals surface area contributed by atoms with Crippen molar-refractivity contribution in [3.8, 4) is 0 Å². The third-order valence-electron chi connectivity index (χ3n) is 2.69. The highest BCUT2D eigenvalue weighted by molar-refractivity contribution is 14.1. The average Bonchev–Trinajstić information content (AvgIpc) is 2.57. The monoisotopic (exact) mass is 446 g/mol. The molecule has 136 valence electrons. The van der Waals surface area contributed by atoms with Crippen LogP contribution >= 0.6 is 22.6 Å². The molecular formula is C15H27IO7. The Labute approximate surface area is 151 Å². The fourth-order valence-corrected chi connectivity index (χ4v) is 1.84. The van der Waals surface area contributed by atoms with E-state index < -0.39 is 0 Å². The first-order valence-electron chi connectivity index (χ1n) is 7.66. The SMILES string of the molecule is COC(=O)CCOCCOCCOCCOCCCC(=O)CI. The summed E-state index contributed by atoms with van der Waals surface area (Å²) in [7, 11) is 1.35. The number of hydrogen-bond acceptors (Lipinski definition) is 7. The van der Waals surface area contributed by atoms with Crippen molar-refractivity contribution < 1.29 is 33.3 Å². The van der Waals surface area contributed by atoms with Crippen LogP contribution in [0.15, 0.2) is 0 Å². The van der Waals surface area contributed by atoms with Gasteiger partial charge in [0.1, 0.15) is 5.78 Å². The van der Waals surface area contributed by atoms with Crippen LogP contribution in [0.5, 0.6) is 0 Å². The van der Waals surface area contributed by atoms with Gasteiger partial charge in [-0.2, -0.15) is 0 Å². The Morgan fingerprint density at radius 1 is 0.739 bits per heavy atom. The standard InChI is InChI=1S/C15H27IO7/c1-19-15(18)4-6-21-8-10-23-12-11-22-9-7-20-5-2-3-14(17)13-16/h2-13H2,1H3. The van der Waals surface area contributed by atoms with Gasteiger partial charge in [0, 0.05) is 13.0 Å². The van der Waals surface area contributed by atoms with Crippen LogP contribution in [-0.2, 0) is 33.3 Å². The second-order valence-electron chi connectivity index (χ2n) is 4.55. The van der Waals surface area contributed by atoms with Gasteiger partial charge in [0.2, 0.25) is 0 Å². The lowest BCUT2D eigenvalue weighted by Crippen LogP contribution is -2.13. The number of Topliss-reactive ketones (excluding diaryl/α,β-unsaturated/α-hetero) is 1. The minimum atomic E-state index is -0.279. The number of methoxy groups -OCH3 is 1. The molecule has 0 amide bonds. The summed E-state index contributed by atoms with van der Waals surface area (Å²) in [5.74, 6) is -0.0185. The maximum absolute atomic E-state index is 11.0. The zero-order valence-electron chi connectivity index (χ0n) is 13.7. The molecule has 0 aromatic heterocycles. The molecule has 0 spiro atoms. The van der Waals surface area contributed by atoms with E-state index in [0.29, 0.717) is 63.7 Å². The first-order valence-corrected chi connectivity index (χ1v) is 9.18. The number of carbonyl (C=O) groups excluding carboxylic acids is 2. The van der Waals surface area contributed by atoms with E-state index in [9.17, 15) is 9.59 Å². The van der Waals surface area contributed by atoms with Gasteiger partial charge in [-0.3, -0.25) is 9.59 Å². The Morgan fingerprint density at radius 3 is 1.70 bits per heavy atom. The van der Waals surface area contributed by atoms with Crippen LogP contribution in [0, 0.1) is 0 Å². The second-order valence-corrected chi connectivity index (χ2v) is 5.31. The van der Waals surface area contributed by atoms with Crippen LogP contribution in [-0.4, -0.2) is 76.1 Å². The minimum absolute atomic E-state index is 0.256. The molecular weight excluding hydrogens is 419 g/mol. The second kappa shape index (κ2) is 18.1. The normalized spacial score (nSPS) is 10.7. The number of esters is 1. The van der Waals surface area contributed by atoms with E-state index in [2.05, 4.69) is 27.3 Å². The summed E-state index contributed by atoms with van der Waals surface area (Å²) < 4.78 is 26.2. The molecule has 0 radical (unpaired) electrons. The Kier molecular flexibility index (Phi) is 17.8. The van der Waals surface area contributed by atoms with Crippen LogP contribution in [0.25, 0.3) is 0 Å². The zero-order valence-corrected chi connectivity index (χ0v) is 15.9. The summed E-state index contributed by atoms with van der Waals surface area (Å²) in [5, 5.41) is 0. The highest BCUT2D eigenvalue weighted by Gasteiger charge is 1.99. The summed E-state index contributed by atoms with van der Waals surface area (Å²) in [5.41, 5.74) is 0. The van der Waals surface area contributed by atoms with Crippen molar-refractivity contribution in [3.63, 3.8) is 0 Å². The quantitative estimate of drug-likeness (QED) is 0.145. The topological polar surface area (TPSA) is 80.3 Å². The molecule has 23 heavy (non-hydrogen) atoms. The van der Waals surface area contributed by atoms with Gasteiger partial charge in [-0.05, 0) is 6.42 Å². The van der Waals surface area contributed by atoms with Crippen LogP contribution in [0.2, 0.25) is 0 Å². The molecule has 0 rings (SSSR count). The van der Waals surface area contributed by atoms with Gasteiger partial charge >= 0.3 is 5.97 Å². The van der Waals surface area contributed by atoms with Gasteiger partial charge in [0.15, 0.2) is 0 Å². The van der Waals surface area contributed by atoms with Crippen molar-refractivity contribution in [2.45, 2.75) is 19.3 Å². The molecule has 0 aromatic rings.